The molecule has 1 aromatic carbocycles. The Morgan fingerprint density at radius 2 is 1.59 bits per heavy atom. The Morgan fingerprint density at radius 1 is 0.969 bits per heavy atom. The van der Waals surface area contributed by atoms with Gasteiger partial charge < -0.3 is 20.8 Å². The van der Waals surface area contributed by atoms with Gasteiger partial charge in [0.05, 0.1) is 6.10 Å². The number of hydrogen-bond donors (Lipinski definition) is 4. The van der Waals surface area contributed by atoms with Crippen LogP contribution in [0.2, 0.25) is 0 Å². The third kappa shape index (κ3) is 11.8. The van der Waals surface area contributed by atoms with Crippen LogP contribution in [0.15, 0.2) is 24.3 Å². The second-order valence-corrected chi connectivity index (χ2v) is 9.65. The van der Waals surface area contributed by atoms with Gasteiger partial charge in [-0.25, -0.2) is 4.79 Å². The minimum absolute atomic E-state index is 0.261. The quantitative estimate of drug-likeness (QED) is 0.302. The lowest BCUT2D eigenvalue weighted by atomic mass is 9.86. The van der Waals surface area contributed by atoms with Crippen molar-refractivity contribution >= 4 is 23.5 Å². The van der Waals surface area contributed by atoms with Crippen molar-refractivity contribution in [2.45, 2.75) is 97.6 Å². The fourth-order valence-electron chi connectivity index (χ4n) is 3.52. The SMILES string of the molecule is CCCCC(=O)CCCCCc1ccc(NC(=O)[C@@H](NC(=O)O)[C@H](O)CC(C)(C)C)cc1. The van der Waals surface area contributed by atoms with Crippen molar-refractivity contribution in [2.24, 2.45) is 5.41 Å². The van der Waals surface area contributed by atoms with Crippen LogP contribution in [0, 0.1) is 5.41 Å². The smallest absolute Gasteiger partial charge is 0.405 e. The first-order chi connectivity index (χ1) is 15.0. The minimum atomic E-state index is -1.36. The van der Waals surface area contributed by atoms with Crippen molar-refractivity contribution in [3.63, 3.8) is 0 Å². The summed E-state index contributed by atoms with van der Waals surface area (Å²) in [6.45, 7) is 7.82. The topological polar surface area (TPSA) is 116 Å². The zero-order chi connectivity index (χ0) is 24.1. The van der Waals surface area contributed by atoms with Gasteiger partial charge in [0.15, 0.2) is 0 Å². The van der Waals surface area contributed by atoms with Gasteiger partial charge in [-0.2, -0.15) is 0 Å². The lowest BCUT2D eigenvalue weighted by molar-refractivity contribution is -0.121. The van der Waals surface area contributed by atoms with E-state index in [0.29, 0.717) is 24.3 Å². The van der Waals surface area contributed by atoms with Crippen LogP contribution in [0.4, 0.5) is 10.5 Å². The van der Waals surface area contributed by atoms with Crippen LogP contribution in [0.1, 0.15) is 84.6 Å². The molecule has 0 radical (unpaired) electrons. The maximum atomic E-state index is 12.6. The van der Waals surface area contributed by atoms with Crippen LogP contribution in [-0.4, -0.2) is 40.1 Å². The predicted molar refractivity (Wildman–Crippen MR) is 127 cm³/mol. The highest BCUT2D eigenvalue weighted by atomic mass is 16.4. The Labute approximate surface area is 192 Å². The van der Waals surface area contributed by atoms with Crippen molar-refractivity contribution in [3.05, 3.63) is 29.8 Å². The summed E-state index contributed by atoms with van der Waals surface area (Å²) in [5.74, 6) is -0.236. The number of ketones is 1. The molecule has 0 aliphatic heterocycles. The van der Waals surface area contributed by atoms with E-state index in [9.17, 15) is 19.5 Å². The number of benzene rings is 1. The van der Waals surface area contributed by atoms with Gasteiger partial charge in [0.2, 0.25) is 5.91 Å². The number of rotatable bonds is 14. The number of aliphatic hydroxyl groups excluding tert-OH is 1. The second kappa shape index (κ2) is 13.9. The van der Waals surface area contributed by atoms with Gasteiger partial charge in [0.1, 0.15) is 11.8 Å². The predicted octanol–water partition coefficient (Wildman–Crippen LogP) is 4.92. The summed E-state index contributed by atoms with van der Waals surface area (Å²) in [6.07, 6.45) is 4.98. The first-order valence-corrected chi connectivity index (χ1v) is 11.6. The molecular formula is C25H40N2O5. The number of carboxylic acid groups (broad SMARTS) is 1. The Morgan fingerprint density at radius 3 is 2.16 bits per heavy atom. The van der Waals surface area contributed by atoms with Crippen LogP contribution in [-0.2, 0) is 16.0 Å². The van der Waals surface area contributed by atoms with Crippen molar-refractivity contribution in [1.29, 1.82) is 0 Å². The van der Waals surface area contributed by atoms with E-state index in [2.05, 4.69) is 17.6 Å². The van der Waals surface area contributed by atoms with Crippen LogP contribution in [0.25, 0.3) is 0 Å². The fourth-order valence-corrected chi connectivity index (χ4v) is 3.52. The summed E-state index contributed by atoms with van der Waals surface area (Å²) in [7, 11) is 0. The zero-order valence-corrected chi connectivity index (χ0v) is 19.9. The fraction of sp³-hybridized carbons (Fsp3) is 0.640. The number of aliphatic hydroxyl groups is 1. The molecule has 0 aliphatic carbocycles. The molecule has 0 unspecified atom stereocenters. The number of Topliss-reactive ketones (excluding diaryl/α,β-unsaturated/α-hetero) is 1. The maximum absolute atomic E-state index is 12.6. The van der Waals surface area contributed by atoms with Gasteiger partial charge >= 0.3 is 6.09 Å². The standard InChI is InChI=1S/C25H40N2O5/c1-5-6-11-20(28)12-9-7-8-10-18-13-15-19(16-14-18)26-23(30)22(27-24(31)32)21(29)17-25(2,3)4/h13-16,21-22,27,29H,5-12,17H2,1-4H3,(H,26,30)(H,31,32)/t21-,22+/m1/s1. The van der Waals surface area contributed by atoms with Gasteiger partial charge in [0.25, 0.3) is 0 Å². The molecule has 0 aliphatic rings. The molecule has 2 amide bonds. The first-order valence-electron chi connectivity index (χ1n) is 11.6. The van der Waals surface area contributed by atoms with Gasteiger partial charge in [-0.05, 0) is 55.2 Å². The highest BCUT2D eigenvalue weighted by molar-refractivity contribution is 5.96. The first kappa shape index (κ1) is 27.6. The summed E-state index contributed by atoms with van der Waals surface area (Å²) < 4.78 is 0. The van der Waals surface area contributed by atoms with E-state index in [-0.39, 0.29) is 11.8 Å². The highest BCUT2D eigenvalue weighted by Crippen LogP contribution is 2.23. The summed E-state index contributed by atoms with van der Waals surface area (Å²) >= 11 is 0. The number of carbonyl (C=O) groups excluding carboxylic acids is 2. The van der Waals surface area contributed by atoms with Crippen LogP contribution in [0.5, 0.6) is 0 Å². The summed E-state index contributed by atoms with van der Waals surface area (Å²) in [4.78, 5) is 35.4. The molecule has 7 heteroatoms. The van der Waals surface area contributed by atoms with Crippen molar-refractivity contribution in [1.82, 2.24) is 5.32 Å². The molecular weight excluding hydrogens is 408 g/mol. The number of aryl methyl sites for hydroxylation is 1. The van der Waals surface area contributed by atoms with E-state index >= 15 is 0 Å². The molecule has 0 aromatic heterocycles. The monoisotopic (exact) mass is 448 g/mol. The van der Waals surface area contributed by atoms with Gasteiger partial charge in [-0.1, -0.05) is 52.7 Å². The molecule has 0 fully saturated rings. The van der Waals surface area contributed by atoms with Crippen molar-refractivity contribution < 1.29 is 24.6 Å². The molecule has 0 heterocycles. The van der Waals surface area contributed by atoms with Crippen LogP contribution in [0.3, 0.4) is 0 Å². The normalized spacial score (nSPS) is 13.3. The van der Waals surface area contributed by atoms with E-state index in [0.717, 1.165) is 44.1 Å². The molecule has 7 nitrogen and oxygen atoms in total. The molecule has 4 N–H and O–H groups in total. The molecule has 0 saturated carbocycles. The second-order valence-electron chi connectivity index (χ2n) is 9.65. The largest absolute Gasteiger partial charge is 0.465 e. The summed E-state index contributed by atoms with van der Waals surface area (Å²) in [5.41, 5.74) is 1.41. The lowest BCUT2D eigenvalue weighted by Crippen LogP contribution is -2.51. The Balaban J connectivity index is 2.52. The van der Waals surface area contributed by atoms with Crippen molar-refractivity contribution in [2.75, 3.05) is 5.32 Å². The molecule has 180 valence electrons. The third-order valence-corrected chi connectivity index (χ3v) is 5.22. The Kier molecular flexibility index (Phi) is 12.0. The Bertz CT molecular complexity index is 725. The van der Waals surface area contributed by atoms with Gasteiger partial charge in [0, 0.05) is 18.5 Å². The third-order valence-electron chi connectivity index (χ3n) is 5.22. The van der Waals surface area contributed by atoms with E-state index in [1.54, 1.807) is 12.1 Å². The molecule has 0 bridgehead atoms. The number of carbonyl (C=O) groups is 3. The number of nitrogens with one attached hydrogen (secondary N) is 2. The zero-order valence-electron chi connectivity index (χ0n) is 19.9. The van der Waals surface area contributed by atoms with Crippen molar-refractivity contribution in [3.8, 4) is 0 Å². The van der Waals surface area contributed by atoms with Crippen LogP contribution < -0.4 is 10.6 Å². The molecule has 1 rings (SSSR count). The summed E-state index contributed by atoms with van der Waals surface area (Å²) in [6, 6.07) is 6.14. The number of anilines is 1. The van der Waals surface area contributed by atoms with Gasteiger partial charge in [-0.15, -0.1) is 0 Å². The lowest BCUT2D eigenvalue weighted by Gasteiger charge is -2.28. The van der Waals surface area contributed by atoms with E-state index < -0.39 is 24.1 Å². The Hall–Kier alpha value is -2.41. The maximum Gasteiger partial charge on any atom is 0.405 e. The van der Waals surface area contributed by atoms with Gasteiger partial charge in [-0.3, -0.25) is 9.59 Å². The minimum Gasteiger partial charge on any atom is -0.465 e. The summed E-state index contributed by atoms with van der Waals surface area (Å²) in [5, 5.41) is 24.3. The average Bonchev–Trinajstić information content (AvgIpc) is 2.69. The number of amides is 2. The van der Waals surface area contributed by atoms with E-state index in [1.807, 2.05) is 32.9 Å². The number of hydrogen-bond acceptors (Lipinski definition) is 4. The number of unbranched alkanes of at least 4 members (excludes halogenated alkanes) is 3. The molecule has 2 atom stereocenters. The molecule has 1 aromatic rings. The van der Waals surface area contributed by atoms with E-state index in [1.165, 1.54) is 0 Å². The molecule has 0 spiro atoms. The molecule has 0 saturated heterocycles. The van der Waals surface area contributed by atoms with E-state index in [4.69, 9.17) is 5.11 Å². The van der Waals surface area contributed by atoms with Crippen LogP contribution >= 0.6 is 0 Å². The highest BCUT2D eigenvalue weighted by Gasteiger charge is 2.31. The molecule has 32 heavy (non-hydrogen) atoms. The average molecular weight is 449 g/mol.